The second kappa shape index (κ2) is 16.5. The van der Waals surface area contributed by atoms with E-state index >= 15 is 0 Å². The fourth-order valence-corrected chi connectivity index (χ4v) is 6.73. The van der Waals surface area contributed by atoms with E-state index in [2.05, 4.69) is 10.6 Å². The van der Waals surface area contributed by atoms with Crippen LogP contribution in [0, 0.1) is 11.8 Å². The molecule has 1 heterocycles. The number of aliphatic hydroxyl groups is 2. The van der Waals surface area contributed by atoms with Gasteiger partial charge in [0.2, 0.25) is 17.7 Å². The van der Waals surface area contributed by atoms with Gasteiger partial charge in [0.25, 0.3) is 0 Å². The van der Waals surface area contributed by atoms with E-state index < -0.39 is 78.2 Å². The van der Waals surface area contributed by atoms with Crippen molar-refractivity contribution in [1.82, 2.24) is 15.5 Å². The Morgan fingerprint density at radius 1 is 1.04 bits per heavy atom. The molecule has 1 aromatic rings. The molecule has 53 heavy (non-hydrogen) atoms. The van der Waals surface area contributed by atoms with Crippen molar-refractivity contribution >= 4 is 35.7 Å². The molecular formula is C39H53N3O11. The summed E-state index contributed by atoms with van der Waals surface area (Å²) in [5, 5.41) is 25.7. The van der Waals surface area contributed by atoms with Crippen LogP contribution in [0.25, 0.3) is 6.08 Å². The summed E-state index contributed by atoms with van der Waals surface area (Å²) >= 11 is 0. The van der Waals surface area contributed by atoms with Gasteiger partial charge in [-0.2, -0.15) is 0 Å². The Hall–Kier alpha value is -4.11. The summed E-state index contributed by atoms with van der Waals surface area (Å²) in [6.07, 6.45) is 4.59. The van der Waals surface area contributed by atoms with E-state index in [1.807, 2.05) is 0 Å². The van der Waals surface area contributed by atoms with Crippen LogP contribution in [0.2, 0.25) is 0 Å². The van der Waals surface area contributed by atoms with E-state index in [1.165, 1.54) is 17.9 Å². The Morgan fingerprint density at radius 3 is 2.28 bits per heavy atom. The van der Waals surface area contributed by atoms with Gasteiger partial charge in [0, 0.05) is 50.4 Å². The summed E-state index contributed by atoms with van der Waals surface area (Å²) in [5.41, 5.74) is 0.185. The Labute approximate surface area is 310 Å². The summed E-state index contributed by atoms with van der Waals surface area (Å²) in [6.45, 7) is 6.07. The van der Waals surface area contributed by atoms with Crippen LogP contribution in [0.5, 0.6) is 0 Å². The van der Waals surface area contributed by atoms with Gasteiger partial charge in [0.05, 0.1) is 24.3 Å². The Morgan fingerprint density at radius 2 is 1.70 bits per heavy atom. The monoisotopic (exact) mass is 739 g/mol. The number of carbonyl (C=O) groups is 5. The zero-order chi connectivity index (χ0) is 38.7. The molecule has 4 aliphatic rings. The van der Waals surface area contributed by atoms with Crippen LogP contribution in [0.1, 0.15) is 88.6 Å². The molecule has 1 aliphatic heterocycles. The molecule has 0 spiro atoms. The molecule has 1 aromatic carbocycles. The Balaban J connectivity index is 1.33. The third-order valence-corrected chi connectivity index (χ3v) is 9.72. The van der Waals surface area contributed by atoms with E-state index in [0.29, 0.717) is 5.56 Å². The number of aliphatic hydroxyl groups excluding tert-OH is 2. The highest BCUT2D eigenvalue weighted by Crippen LogP contribution is 2.59. The van der Waals surface area contributed by atoms with Gasteiger partial charge in [0.1, 0.15) is 30.0 Å². The molecule has 290 valence electrons. The second-order valence-electron chi connectivity index (χ2n) is 15.6. The number of nitrogens with one attached hydrogen (secondary N) is 2. The summed E-state index contributed by atoms with van der Waals surface area (Å²) in [7, 11) is 3.24. The number of likely N-dealkylation sites (N-methyl/N-ethyl adjacent to an activating group) is 1. The van der Waals surface area contributed by atoms with Gasteiger partial charge < -0.3 is 44.7 Å². The van der Waals surface area contributed by atoms with Crippen molar-refractivity contribution in [3.63, 3.8) is 0 Å². The zero-order valence-corrected chi connectivity index (χ0v) is 31.3. The molecule has 3 fully saturated rings. The van der Waals surface area contributed by atoms with Crippen molar-refractivity contribution in [3.8, 4) is 0 Å². The summed E-state index contributed by atoms with van der Waals surface area (Å²) < 4.78 is 24.8. The van der Waals surface area contributed by atoms with Crippen molar-refractivity contribution in [2.45, 2.75) is 121 Å². The molecule has 0 aromatic heterocycles. The maximum absolute atomic E-state index is 13.9. The molecule has 0 bridgehead atoms. The molecule has 0 radical (unpaired) electrons. The smallest absolute Gasteiger partial charge is 0.339 e. The van der Waals surface area contributed by atoms with E-state index in [9.17, 15) is 34.2 Å². The number of fused-ring (bicyclic) bond motifs is 1. The van der Waals surface area contributed by atoms with Gasteiger partial charge in [-0.05, 0) is 83.6 Å². The number of ether oxygens (including phenoxy) is 4. The molecular weight excluding hydrogens is 686 g/mol. The van der Waals surface area contributed by atoms with Gasteiger partial charge in [-0.1, -0.05) is 18.2 Å². The molecule has 0 unspecified atom stereocenters. The van der Waals surface area contributed by atoms with E-state index in [4.69, 9.17) is 18.9 Å². The first-order valence-corrected chi connectivity index (χ1v) is 18.4. The van der Waals surface area contributed by atoms with E-state index in [1.54, 1.807) is 71.3 Å². The average Bonchev–Trinajstić information content (AvgIpc) is 4.04. The van der Waals surface area contributed by atoms with Crippen LogP contribution >= 0.6 is 0 Å². The normalized spacial score (nSPS) is 23.9. The third-order valence-electron chi connectivity index (χ3n) is 9.72. The number of nitrogens with zero attached hydrogens (tertiary/aromatic N) is 1. The number of amides is 3. The molecule has 1 saturated heterocycles. The number of benzene rings is 1. The van der Waals surface area contributed by atoms with Gasteiger partial charge in [0.15, 0.2) is 5.79 Å². The lowest BCUT2D eigenvalue weighted by Gasteiger charge is -2.32. The predicted molar refractivity (Wildman–Crippen MR) is 192 cm³/mol. The lowest BCUT2D eigenvalue weighted by molar-refractivity contribution is -0.209. The van der Waals surface area contributed by atoms with Crippen molar-refractivity contribution in [2.24, 2.45) is 11.8 Å². The molecule has 3 amide bonds. The van der Waals surface area contributed by atoms with Crippen LogP contribution in [0.4, 0.5) is 0 Å². The van der Waals surface area contributed by atoms with Crippen LogP contribution in [0.15, 0.2) is 42.0 Å². The number of hydrogen-bond acceptors (Lipinski definition) is 11. The highest BCUT2D eigenvalue weighted by Gasteiger charge is 2.64. The fourth-order valence-electron chi connectivity index (χ4n) is 6.73. The van der Waals surface area contributed by atoms with Crippen molar-refractivity contribution < 1.29 is 53.1 Å². The first-order valence-electron chi connectivity index (χ1n) is 18.4. The molecule has 14 nitrogen and oxygen atoms in total. The van der Waals surface area contributed by atoms with Crippen LogP contribution in [-0.4, -0.2) is 113 Å². The van der Waals surface area contributed by atoms with Crippen molar-refractivity contribution in [2.75, 3.05) is 20.7 Å². The molecule has 14 heteroatoms. The lowest BCUT2D eigenvalue weighted by Crippen LogP contribution is -2.55. The molecule has 6 atom stereocenters. The maximum atomic E-state index is 13.9. The Bertz CT molecular complexity index is 1590. The highest BCUT2D eigenvalue weighted by molar-refractivity contribution is 5.99. The van der Waals surface area contributed by atoms with Gasteiger partial charge in [-0.3, -0.25) is 19.2 Å². The lowest BCUT2D eigenvalue weighted by atomic mass is 9.91. The first kappa shape index (κ1) is 40.1. The highest BCUT2D eigenvalue weighted by atomic mass is 16.8. The van der Waals surface area contributed by atoms with Gasteiger partial charge in [-0.15, -0.1) is 0 Å². The summed E-state index contributed by atoms with van der Waals surface area (Å²) in [6, 6.07) is 4.45. The maximum Gasteiger partial charge on any atom is 0.339 e. The summed E-state index contributed by atoms with van der Waals surface area (Å²) in [5.74, 6) is -3.30. The second-order valence-corrected chi connectivity index (χ2v) is 15.6. The van der Waals surface area contributed by atoms with E-state index in [-0.39, 0.29) is 48.1 Å². The van der Waals surface area contributed by atoms with Crippen molar-refractivity contribution in [1.29, 1.82) is 0 Å². The van der Waals surface area contributed by atoms with Crippen LogP contribution < -0.4 is 10.6 Å². The predicted octanol–water partition coefficient (Wildman–Crippen LogP) is 2.41. The zero-order valence-electron chi connectivity index (χ0n) is 31.3. The summed E-state index contributed by atoms with van der Waals surface area (Å²) in [4.78, 5) is 66.8. The number of carbonyl (C=O) groups excluding carboxylic acids is 5. The number of hydrogen-bond donors (Lipinski definition) is 4. The minimum atomic E-state index is -1.42. The molecule has 5 rings (SSSR count). The minimum absolute atomic E-state index is 0.0616. The molecule has 4 N–H and O–H groups in total. The molecule has 3 aliphatic carbocycles. The minimum Gasteiger partial charge on any atom is -0.460 e. The SMILES string of the molecule is C[C@H](O)[C@@H](NC(=O)C1=C[C@H]2OC(C3CC3)(C3CC3)O[C@H]2[C@H](OC(=O)c2ccccc2C=CC(=O)N(C)C)C1)C(=O)N[C@H](CO)CCC(=O)OC(C)(C)C. The quantitative estimate of drug-likeness (QED) is 0.153. The first-order chi connectivity index (χ1) is 25.0. The largest absolute Gasteiger partial charge is 0.460 e. The molecule has 2 saturated carbocycles. The average molecular weight is 740 g/mol. The van der Waals surface area contributed by atoms with E-state index in [0.717, 1.165) is 25.7 Å². The number of esters is 2. The third kappa shape index (κ3) is 10.1. The standard InChI is InChI=1S/C39H53N3O11/c1-22(44)33(36(48)40-27(21-43)16-18-32(46)52-38(2,3)4)41-35(47)24-19-29(34-30(20-24)51-39(53-34,25-12-13-25)26-14-15-26)50-37(49)28-10-8-7-9-23(28)11-17-31(45)42(5)6/h7-11,17,20,22,25-27,29-30,33-34,43-44H,12-16,18-19,21H2,1-6H3,(H,40,48)(H,41,47)/t22-,27-,29+,30+,33+,34-/m0/s1. The van der Waals surface area contributed by atoms with Crippen LogP contribution in [0.3, 0.4) is 0 Å². The Kier molecular flexibility index (Phi) is 12.5. The topological polar surface area (TPSA) is 190 Å². The van der Waals surface area contributed by atoms with Crippen LogP contribution in [-0.2, 0) is 38.1 Å². The van der Waals surface area contributed by atoms with Crippen molar-refractivity contribution in [3.05, 3.63) is 53.1 Å². The fraction of sp³-hybridized carbons (Fsp3) is 0.615. The van der Waals surface area contributed by atoms with Gasteiger partial charge in [-0.25, -0.2) is 4.79 Å². The number of rotatable bonds is 15. The van der Waals surface area contributed by atoms with Gasteiger partial charge >= 0.3 is 11.9 Å².